The molecule has 0 N–H and O–H groups in total. The summed E-state index contributed by atoms with van der Waals surface area (Å²) < 4.78 is 16.5. The average molecular weight is 614 g/mol. The molecule has 0 saturated heterocycles. The van der Waals surface area contributed by atoms with Crippen LogP contribution in [0.2, 0.25) is 5.02 Å². The molecule has 0 spiro atoms. The fourth-order valence-electron chi connectivity index (χ4n) is 4.39. The van der Waals surface area contributed by atoms with Crippen molar-refractivity contribution in [3.05, 3.63) is 65.2 Å². The van der Waals surface area contributed by atoms with E-state index < -0.39 is 0 Å². The predicted molar refractivity (Wildman–Crippen MR) is 171 cm³/mol. The zero-order chi connectivity index (χ0) is 29.0. The van der Waals surface area contributed by atoms with E-state index >= 15 is 0 Å². The summed E-state index contributed by atoms with van der Waals surface area (Å²) in [5.41, 5.74) is 3.62. The molecule has 0 amide bonds. The number of esters is 2. The highest BCUT2D eigenvalue weighted by molar-refractivity contribution is 8.16. The van der Waals surface area contributed by atoms with Gasteiger partial charge in [0.25, 0.3) is 0 Å². The van der Waals surface area contributed by atoms with Crippen LogP contribution < -0.4 is 0 Å². The molecule has 2 aromatic heterocycles. The second-order valence-corrected chi connectivity index (χ2v) is 12.7. The van der Waals surface area contributed by atoms with Crippen LogP contribution in [0, 0.1) is 0 Å². The van der Waals surface area contributed by atoms with Gasteiger partial charge in [-0.3, -0.25) is 9.59 Å². The Labute approximate surface area is 254 Å². The van der Waals surface area contributed by atoms with Crippen molar-refractivity contribution >= 4 is 68.9 Å². The van der Waals surface area contributed by atoms with Crippen molar-refractivity contribution in [1.82, 2.24) is 4.98 Å². The molecule has 2 aromatic carbocycles. The van der Waals surface area contributed by atoms with Crippen molar-refractivity contribution in [3.8, 4) is 11.5 Å². The zero-order valence-electron chi connectivity index (χ0n) is 23.5. The van der Waals surface area contributed by atoms with Gasteiger partial charge in [0, 0.05) is 28.6 Å². The number of thioether (sulfide) groups is 2. The predicted octanol–water partition coefficient (Wildman–Crippen LogP) is 9.23. The minimum absolute atomic E-state index is 0.129. The molecule has 0 fully saturated rings. The summed E-state index contributed by atoms with van der Waals surface area (Å²) in [5, 5.41) is 2.71. The van der Waals surface area contributed by atoms with E-state index in [0.717, 1.165) is 64.8 Å². The molecule has 0 saturated carbocycles. The maximum absolute atomic E-state index is 11.7. The Balaban J connectivity index is 1.44. The number of furan rings is 1. The first-order valence-corrected chi connectivity index (χ1v) is 16.6. The average Bonchev–Trinajstić information content (AvgIpc) is 3.39. The fourth-order valence-corrected chi connectivity index (χ4v) is 7.37. The SMILES string of the molecule is CCOC(=O)CCCCSC(SCCCCC(=O)OCC)c1ccc2oc(-c3ccc4ccc(Cl)cc4n3)cc2c1. The highest BCUT2D eigenvalue weighted by atomic mass is 35.5. The van der Waals surface area contributed by atoms with Gasteiger partial charge in [-0.25, -0.2) is 4.98 Å². The maximum Gasteiger partial charge on any atom is 0.305 e. The van der Waals surface area contributed by atoms with Gasteiger partial charge in [0.1, 0.15) is 11.3 Å². The van der Waals surface area contributed by atoms with Gasteiger partial charge in [0.05, 0.1) is 23.3 Å². The number of rotatable bonds is 16. The third-order valence-electron chi connectivity index (χ3n) is 6.42. The number of hydrogen-bond acceptors (Lipinski definition) is 8. The third kappa shape index (κ3) is 9.42. The lowest BCUT2D eigenvalue weighted by Crippen LogP contribution is -2.04. The number of fused-ring (bicyclic) bond motifs is 2. The Morgan fingerprint density at radius 3 is 2.15 bits per heavy atom. The normalized spacial score (nSPS) is 11.4. The molecular weight excluding hydrogens is 578 g/mol. The van der Waals surface area contributed by atoms with Crippen molar-refractivity contribution < 1.29 is 23.5 Å². The van der Waals surface area contributed by atoms with E-state index in [1.54, 1.807) is 0 Å². The molecule has 0 radical (unpaired) electrons. The van der Waals surface area contributed by atoms with Gasteiger partial charge < -0.3 is 13.9 Å². The van der Waals surface area contributed by atoms with Gasteiger partial charge in [-0.05, 0) is 93.0 Å². The van der Waals surface area contributed by atoms with Gasteiger partial charge in [-0.2, -0.15) is 0 Å². The van der Waals surface area contributed by atoms with E-state index in [0.29, 0.717) is 36.8 Å². The van der Waals surface area contributed by atoms with Gasteiger partial charge in [-0.15, -0.1) is 23.5 Å². The fraction of sp³-hybridized carbons (Fsp3) is 0.406. The van der Waals surface area contributed by atoms with Crippen LogP contribution >= 0.6 is 35.1 Å². The summed E-state index contributed by atoms with van der Waals surface area (Å²) in [6, 6.07) is 18.1. The van der Waals surface area contributed by atoms with Crippen LogP contribution in [0.5, 0.6) is 0 Å². The number of nitrogens with zero attached hydrogens (tertiary/aromatic N) is 1. The van der Waals surface area contributed by atoms with Crippen molar-refractivity contribution in [3.63, 3.8) is 0 Å². The number of carbonyl (C=O) groups is 2. The molecule has 0 bridgehead atoms. The summed E-state index contributed by atoms with van der Waals surface area (Å²) in [5.74, 6) is 2.34. The molecule has 41 heavy (non-hydrogen) atoms. The summed E-state index contributed by atoms with van der Waals surface area (Å²) in [7, 11) is 0. The van der Waals surface area contributed by atoms with E-state index in [9.17, 15) is 9.59 Å². The number of benzene rings is 2. The molecule has 0 aliphatic carbocycles. The Morgan fingerprint density at radius 2 is 1.49 bits per heavy atom. The molecule has 0 aliphatic rings. The van der Waals surface area contributed by atoms with Crippen LogP contribution in [0.1, 0.15) is 62.5 Å². The molecule has 0 unspecified atom stereocenters. The highest BCUT2D eigenvalue weighted by Crippen LogP contribution is 2.42. The number of hydrogen-bond donors (Lipinski definition) is 0. The molecule has 0 aliphatic heterocycles. The van der Waals surface area contributed by atoms with E-state index in [2.05, 4.69) is 12.1 Å². The summed E-state index contributed by atoms with van der Waals surface area (Å²) in [6.45, 7) is 4.50. The summed E-state index contributed by atoms with van der Waals surface area (Å²) in [6.07, 6.45) is 4.43. The molecule has 4 aromatic rings. The molecule has 218 valence electrons. The van der Waals surface area contributed by atoms with Gasteiger partial charge in [0.15, 0.2) is 5.76 Å². The Hall–Kier alpha value is -2.68. The number of pyridine rings is 1. The maximum atomic E-state index is 11.7. The minimum atomic E-state index is -0.129. The third-order valence-corrected chi connectivity index (χ3v) is 9.67. The van der Waals surface area contributed by atoms with Gasteiger partial charge in [0.2, 0.25) is 0 Å². The molecule has 2 heterocycles. The van der Waals surface area contributed by atoms with Crippen molar-refractivity contribution in [2.45, 2.75) is 57.0 Å². The van der Waals surface area contributed by atoms with Gasteiger partial charge >= 0.3 is 11.9 Å². The Kier molecular flexibility index (Phi) is 12.3. The Morgan fingerprint density at radius 1 is 0.829 bits per heavy atom. The molecule has 4 rings (SSSR count). The standard InChI is InChI=1S/C32H36ClNO5S2/c1-3-37-30(35)9-5-7-17-40-32(41-18-8-6-10-31(36)38-4-2)23-13-16-28-24(19-23)20-29(39-28)26-15-12-22-11-14-25(33)21-27(22)34-26/h11-16,19-21,32H,3-10,17-18H2,1-2H3. The van der Waals surface area contributed by atoms with Crippen LogP contribution in [0.25, 0.3) is 33.3 Å². The number of aromatic nitrogens is 1. The second-order valence-electron chi connectivity index (χ2n) is 9.54. The van der Waals surface area contributed by atoms with Crippen LogP contribution in [-0.4, -0.2) is 41.6 Å². The number of ether oxygens (including phenoxy) is 2. The highest BCUT2D eigenvalue weighted by Gasteiger charge is 2.16. The topological polar surface area (TPSA) is 78.6 Å². The lowest BCUT2D eigenvalue weighted by Gasteiger charge is -2.17. The summed E-state index contributed by atoms with van der Waals surface area (Å²) in [4.78, 5) is 28.1. The first-order chi connectivity index (χ1) is 20.0. The van der Waals surface area contributed by atoms with Crippen molar-refractivity contribution in [1.29, 1.82) is 0 Å². The largest absolute Gasteiger partial charge is 0.466 e. The van der Waals surface area contributed by atoms with E-state index in [4.69, 9.17) is 30.5 Å². The van der Waals surface area contributed by atoms with E-state index in [1.807, 2.05) is 79.8 Å². The molecular formula is C32H36ClNO5S2. The summed E-state index contributed by atoms with van der Waals surface area (Å²) >= 11 is 9.96. The Bertz CT molecular complexity index is 1430. The monoisotopic (exact) mass is 613 g/mol. The first-order valence-electron chi connectivity index (χ1n) is 14.1. The second kappa shape index (κ2) is 16.1. The van der Waals surface area contributed by atoms with Crippen molar-refractivity contribution in [2.24, 2.45) is 0 Å². The smallest absolute Gasteiger partial charge is 0.305 e. The number of unbranched alkanes of at least 4 members (excludes halogenated alkanes) is 2. The van der Waals surface area contributed by atoms with Crippen LogP contribution in [-0.2, 0) is 19.1 Å². The van der Waals surface area contributed by atoms with Crippen molar-refractivity contribution in [2.75, 3.05) is 24.7 Å². The quantitative estimate of drug-likeness (QED) is 0.0703. The minimum Gasteiger partial charge on any atom is -0.466 e. The molecule has 6 nitrogen and oxygen atoms in total. The lowest BCUT2D eigenvalue weighted by molar-refractivity contribution is -0.144. The lowest BCUT2D eigenvalue weighted by atomic mass is 10.1. The van der Waals surface area contributed by atoms with E-state index in [1.165, 1.54) is 5.56 Å². The number of halogens is 1. The van der Waals surface area contributed by atoms with Gasteiger partial charge in [-0.1, -0.05) is 29.8 Å². The van der Waals surface area contributed by atoms with Crippen LogP contribution in [0.4, 0.5) is 0 Å². The number of carbonyl (C=O) groups excluding carboxylic acids is 2. The van der Waals surface area contributed by atoms with Crippen LogP contribution in [0.15, 0.2) is 59.0 Å². The van der Waals surface area contributed by atoms with E-state index in [-0.39, 0.29) is 16.5 Å². The molecule has 9 heteroatoms. The van der Waals surface area contributed by atoms with Crippen LogP contribution in [0.3, 0.4) is 0 Å². The zero-order valence-corrected chi connectivity index (χ0v) is 25.9. The molecule has 0 atom stereocenters. The first kappa shape index (κ1) is 31.3.